The highest BCUT2D eigenvalue weighted by atomic mass is 32.2. The molecule has 0 saturated carbocycles. The van der Waals surface area contributed by atoms with E-state index in [4.69, 9.17) is 4.42 Å². The van der Waals surface area contributed by atoms with E-state index in [0.29, 0.717) is 0 Å². The van der Waals surface area contributed by atoms with E-state index in [1.54, 1.807) is 6.26 Å². The molecule has 0 bridgehead atoms. The SMILES string of the molecule is CN=C(NCCCSC)NCC(c1ccco1)N1CCCCC1. The number of hydrogen-bond donors (Lipinski definition) is 2. The number of piperidine rings is 1. The molecule has 2 rings (SSSR count). The van der Waals surface area contributed by atoms with Crippen LogP contribution in [0.2, 0.25) is 0 Å². The van der Waals surface area contributed by atoms with Crippen molar-refractivity contribution in [1.82, 2.24) is 15.5 Å². The Hall–Kier alpha value is -1.14. The van der Waals surface area contributed by atoms with Crippen LogP contribution in [0, 0.1) is 0 Å². The van der Waals surface area contributed by atoms with Crippen molar-refractivity contribution in [2.75, 3.05) is 45.2 Å². The number of rotatable bonds is 8. The van der Waals surface area contributed by atoms with Gasteiger partial charge in [0.1, 0.15) is 5.76 Å². The molecular weight excluding hydrogens is 308 g/mol. The second-order valence-corrected chi connectivity index (χ2v) is 6.84. The maximum Gasteiger partial charge on any atom is 0.191 e. The standard InChI is InChI=1S/C17H30N4OS/c1-18-17(19-9-7-13-23-2)20-14-15(16-8-6-12-22-16)21-10-4-3-5-11-21/h6,8,12,15H,3-5,7,9-11,13-14H2,1-2H3,(H2,18,19,20). The minimum absolute atomic E-state index is 0.273. The van der Waals surface area contributed by atoms with Crippen LogP contribution in [0.5, 0.6) is 0 Å². The summed E-state index contributed by atoms with van der Waals surface area (Å²) in [5.41, 5.74) is 0. The van der Waals surface area contributed by atoms with Crippen molar-refractivity contribution < 1.29 is 4.42 Å². The van der Waals surface area contributed by atoms with Gasteiger partial charge in [-0.2, -0.15) is 11.8 Å². The molecule has 5 nitrogen and oxygen atoms in total. The lowest BCUT2D eigenvalue weighted by Gasteiger charge is -2.33. The lowest BCUT2D eigenvalue weighted by atomic mass is 10.1. The Morgan fingerprint density at radius 3 is 2.83 bits per heavy atom. The summed E-state index contributed by atoms with van der Waals surface area (Å²) in [7, 11) is 1.83. The predicted molar refractivity (Wildman–Crippen MR) is 99.2 cm³/mol. The number of nitrogens with one attached hydrogen (secondary N) is 2. The van der Waals surface area contributed by atoms with Gasteiger partial charge >= 0.3 is 0 Å². The summed E-state index contributed by atoms with van der Waals surface area (Å²) in [6.45, 7) is 4.06. The van der Waals surface area contributed by atoms with Crippen LogP contribution in [-0.4, -0.2) is 56.1 Å². The first-order chi connectivity index (χ1) is 11.3. The molecule has 2 heterocycles. The van der Waals surface area contributed by atoms with Crippen molar-refractivity contribution in [3.8, 4) is 0 Å². The lowest BCUT2D eigenvalue weighted by Crippen LogP contribution is -2.44. The van der Waals surface area contributed by atoms with E-state index >= 15 is 0 Å². The largest absolute Gasteiger partial charge is 0.468 e. The van der Waals surface area contributed by atoms with E-state index in [1.165, 1.54) is 25.0 Å². The first-order valence-corrected chi connectivity index (χ1v) is 9.95. The fraction of sp³-hybridized carbons (Fsp3) is 0.706. The smallest absolute Gasteiger partial charge is 0.191 e. The van der Waals surface area contributed by atoms with Crippen molar-refractivity contribution in [2.45, 2.75) is 31.7 Å². The Labute approximate surface area is 144 Å². The zero-order chi connectivity index (χ0) is 16.3. The van der Waals surface area contributed by atoms with Crippen LogP contribution < -0.4 is 10.6 Å². The van der Waals surface area contributed by atoms with Crippen LogP contribution in [0.3, 0.4) is 0 Å². The molecule has 0 aliphatic carbocycles. The van der Waals surface area contributed by atoms with Gasteiger partial charge in [0.2, 0.25) is 0 Å². The van der Waals surface area contributed by atoms with Crippen LogP contribution >= 0.6 is 11.8 Å². The highest BCUT2D eigenvalue weighted by Gasteiger charge is 2.24. The maximum atomic E-state index is 5.68. The van der Waals surface area contributed by atoms with Crippen LogP contribution in [0.1, 0.15) is 37.5 Å². The van der Waals surface area contributed by atoms with E-state index < -0.39 is 0 Å². The van der Waals surface area contributed by atoms with Crippen LogP contribution in [0.25, 0.3) is 0 Å². The fourth-order valence-corrected chi connectivity index (χ4v) is 3.39. The molecule has 1 fully saturated rings. The second-order valence-electron chi connectivity index (χ2n) is 5.85. The summed E-state index contributed by atoms with van der Waals surface area (Å²) in [5, 5.41) is 6.85. The van der Waals surface area contributed by atoms with Gasteiger partial charge in [0.25, 0.3) is 0 Å². The third-order valence-corrected chi connectivity index (χ3v) is 4.90. The van der Waals surface area contributed by atoms with Gasteiger partial charge in [0, 0.05) is 20.1 Å². The molecule has 130 valence electrons. The molecule has 0 amide bonds. The minimum atomic E-state index is 0.273. The van der Waals surface area contributed by atoms with Crippen molar-refractivity contribution in [3.63, 3.8) is 0 Å². The van der Waals surface area contributed by atoms with Gasteiger partial charge in [0.15, 0.2) is 5.96 Å². The van der Waals surface area contributed by atoms with E-state index in [9.17, 15) is 0 Å². The first kappa shape index (κ1) is 18.2. The number of nitrogens with zero attached hydrogens (tertiary/aromatic N) is 2. The zero-order valence-corrected chi connectivity index (χ0v) is 15.2. The molecule has 1 aliphatic rings. The molecule has 0 spiro atoms. The van der Waals surface area contributed by atoms with E-state index in [0.717, 1.165) is 44.3 Å². The second kappa shape index (κ2) is 10.6. The average Bonchev–Trinajstić information content (AvgIpc) is 3.12. The minimum Gasteiger partial charge on any atom is -0.468 e. The third kappa shape index (κ3) is 6.11. The molecule has 1 aliphatic heterocycles. The van der Waals surface area contributed by atoms with E-state index in [2.05, 4.69) is 32.8 Å². The van der Waals surface area contributed by atoms with Crippen LogP contribution in [-0.2, 0) is 0 Å². The highest BCUT2D eigenvalue weighted by Crippen LogP contribution is 2.24. The molecule has 1 unspecified atom stereocenters. The van der Waals surface area contributed by atoms with Gasteiger partial charge in [0.05, 0.1) is 12.3 Å². The first-order valence-electron chi connectivity index (χ1n) is 8.56. The molecule has 2 N–H and O–H groups in total. The lowest BCUT2D eigenvalue weighted by molar-refractivity contribution is 0.146. The molecule has 1 aromatic rings. The Bertz CT molecular complexity index is 443. The maximum absolute atomic E-state index is 5.68. The molecular formula is C17H30N4OS. The van der Waals surface area contributed by atoms with Gasteiger partial charge in [-0.15, -0.1) is 0 Å². The fourth-order valence-electron chi connectivity index (χ4n) is 2.96. The van der Waals surface area contributed by atoms with Gasteiger partial charge in [-0.1, -0.05) is 6.42 Å². The van der Waals surface area contributed by atoms with Crippen molar-refractivity contribution >= 4 is 17.7 Å². The number of thioether (sulfide) groups is 1. The van der Waals surface area contributed by atoms with E-state index in [1.807, 2.05) is 24.9 Å². The van der Waals surface area contributed by atoms with Crippen molar-refractivity contribution in [3.05, 3.63) is 24.2 Å². The van der Waals surface area contributed by atoms with Gasteiger partial charge in [-0.05, 0) is 56.5 Å². The quantitative estimate of drug-likeness (QED) is 0.434. The Balaban J connectivity index is 1.87. The summed E-state index contributed by atoms with van der Waals surface area (Å²) in [6.07, 6.45) is 8.95. The molecule has 6 heteroatoms. The number of aliphatic imine (C=N–C) groups is 1. The van der Waals surface area contributed by atoms with Crippen LogP contribution in [0.4, 0.5) is 0 Å². The summed E-state index contributed by atoms with van der Waals surface area (Å²) in [6, 6.07) is 4.33. The number of hydrogen-bond acceptors (Lipinski definition) is 4. The molecule has 1 atom stereocenters. The number of likely N-dealkylation sites (tertiary alicyclic amines) is 1. The zero-order valence-electron chi connectivity index (χ0n) is 14.4. The molecule has 1 aromatic heterocycles. The molecule has 0 radical (unpaired) electrons. The highest BCUT2D eigenvalue weighted by molar-refractivity contribution is 7.98. The summed E-state index contributed by atoms with van der Waals surface area (Å²) < 4.78 is 5.68. The average molecular weight is 339 g/mol. The van der Waals surface area contributed by atoms with Gasteiger partial charge in [-0.25, -0.2) is 0 Å². The van der Waals surface area contributed by atoms with E-state index in [-0.39, 0.29) is 6.04 Å². The topological polar surface area (TPSA) is 52.8 Å². The molecule has 0 aromatic carbocycles. The van der Waals surface area contributed by atoms with Gasteiger partial charge < -0.3 is 15.1 Å². The van der Waals surface area contributed by atoms with Crippen molar-refractivity contribution in [1.29, 1.82) is 0 Å². The summed E-state index contributed by atoms with van der Waals surface area (Å²) in [5.74, 6) is 3.09. The third-order valence-electron chi connectivity index (χ3n) is 4.21. The molecule has 23 heavy (non-hydrogen) atoms. The van der Waals surface area contributed by atoms with Crippen LogP contribution in [0.15, 0.2) is 27.8 Å². The normalized spacial score (nSPS) is 17.9. The Kier molecular flexibility index (Phi) is 8.39. The predicted octanol–water partition coefficient (Wildman–Crippen LogP) is 2.72. The molecule has 1 saturated heterocycles. The Morgan fingerprint density at radius 2 is 2.17 bits per heavy atom. The summed E-state index contributed by atoms with van der Waals surface area (Å²) >= 11 is 1.88. The van der Waals surface area contributed by atoms with Crippen molar-refractivity contribution in [2.24, 2.45) is 4.99 Å². The number of furan rings is 1. The summed E-state index contributed by atoms with van der Waals surface area (Å²) in [4.78, 5) is 6.85. The number of guanidine groups is 1. The van der Waals surface area contributed by atoms with Gasteiger partial charge in [-0.3, -0.25) is 9.89 Å². The Morgan fingerprint density at radius 1 is 1.35 bits per heavy atom. The monoisotopic (exact) mass is 338 g/mol.